The van der Waals surface area contributed by atoms with Crippen molar-refractivity contribution >= 4 is 17.2 Å². The van der Waals surface area contributed by atoms with Gasteiger partial charge in [-0.15, -0.1) is 0 Å². The lowest BCUT2D eigenvalue weighted by molar-refractivity contribution is 0.0942. The van der Waals surface area contributed by atoms with Gasteiger partial charge in [0.15, 0.2) is 0 Å². The monoisotopic (exact) mass is 288 g/mol. The van der Waals surface area contributed by atoms with Gasteiger partial charge in [-0.1, -0.05) is 17.7 Å². The minimum Gasteiger partial charge on any atom is -0.350 e. The molecule has 0 aliphatic rings. The lowest BCUT2D eigenvalue weighted by atomic mass is 10.1. The van der Waals surface area contributed by atoms with Crippen LogP contribution in [0.1, 0.15) is 27.5 Å². The summed E-state index contributed by atoms with van der Waals surface area (Å²) in [5, 5.41) is 7.20. The smallest absolute Gasteiger partial charge is 0.251 e. The second kappa shape index (κ2) is 6.68. The minimum absolute atomic E-state index is 0.0212. The van der Waals surface area contributed by atoms with Crippen molar-refractivity contribution in [2.45, 2.75) is 13.0 Å². The van der Waals surface area contributed by atoms with Crippen molar-refractivity contribution in [1.29, 1.82) is 0 Å². The molecule has 20 heavy (non-hydrogen) atoms. The van der Waals surface area contributed by atoms with E-state index in [1.807, 2.05) is 45.3 Å². The summed E-state index contributed by atoms with van der Waals surface area (Å²) in [7, 11) is 4.06. The highest BCUT2D eigenvalue weighted by Gasteiger charge is 2.16. The number of amides is 1. The minimum atomic E-state index is -0.0212. The third kappa shape index (κ3) is 3.68. The number of rotatable bonds is 5. The topological polar surface area (TPSA) is 32.3 Å². The van der Waals surface area contributed by atoms with E-state index < -0.39 is 0 Å². The third-order valence-electron chi connectivity index (χ3n) is 3.32. The van der Waals surface area contributed by atoms with Gasteiger partial charge in [-0.3, -0.25) is 4.79 Å². The van der Waals surface area contributed by atoms with Crippen LogP contribution in [0.5, 0.6) is 0 Å². The van der Waals surface area contributed by atoms with Crippen molar-refractivity contribution in [3.8, 4) is 0 Å². The van der Waals surface area contributed by atoms with E-state index in [2.05, 4.69) is 27.0 Å². The number of hydrogen-bond acceptors (Lipinski definition) is 3. The standard InChI is InChI=1S/C16H20N2OS/c1-12-4-6-13(7-5-12)16(19)17-10-15(18(2)3)14-8-9-20-11-14/h4-9,11,15H,10H2,1-3H3,(H,17,19). The number of aryl methyl sites for hydroxylation is 1. The fraction of sp³-hybridized carbons (Fsp3) is 0.312. The van der Waals surface area contributed by atoms with Gasteiger partial charge in [0.1, 0.15) is 0 Å². The third-order valence-corrected chi connectivity index (χ3v) is 4.02. The zero-order valence-electron chi connectivity index (χ0n) is 12.1. The van der Waals surface area contributed by atoms with Crippen LogP contribution in [0, 0.1) is 6.92 Å². The van der Waals surface area contributed by atoms with Crippen LogP contribution in [0.3, 0.4) is 0 Å². The van der Waals surface area contributed by atoms with Gasteiger partial charge in [-0.05, 0) is 55.5 Å². The van der Waals surface area contributed by atoms with Crippen molar-refractivity contribution in [2.24, 2.45) is 0 Å². The molecular formula is C16H20N2OS. The van der Waals surface area contributed by atoms with Gasteiger partial charge in [0, 0.05) is 12.1 Å². The number of carbonyl (C=O) groups excluding carboxylic acids is 1. The number of benzene rings is 1. The average molecular weight is 288 g/mol. The van der Waals surface area contributed by atoms with Gasteiger partial charge >= 0.3 is 0 Å². The molecule has 1 unspecified atom stereocenters. The molecule has 0 saturated heterocycles. The summed E-state index contributed by atoms with van der Waals surface area (Å²) in [5.74, 6) is -0.0212. The molecule has 106 valence electrons. The number of hydrogen-bond donors (Lipinski definition) is 1. The molecule has 0 fully saturated rings. The van der Waals surface area contributed by atoms with Crippen LogP contribution >= 0.6 is 11.3 Å². The maximum absolute atomic E-state index is 12.1. The molecule has 0 aliphatic carbocycles. The van der Waals surface area contributed by atoms with Crippen LogP contribution in [0.2, 0.25) is 0 Å². The van der Waals surface area contributed by atoms with E-state index in [9.17, 15) is 4.79 Å². The Hall–Kier alpha value is -1.65. The van der Waals surface area contributed by atoms with Crippen molar-refractivity contribution in [1.82, 2.24) is 10.2 Å². The zero-order valence-corrected chi connectivity index (χ0v) is 12.9. The first-order valence-electron chi connectivity index (χ1n) is 6.61. The summed E-state index contributed by atoms with van der Waals surface area (Å²) in [6.45, 7) is 2.62. The van der Waals surface area contributed by atoms with E-state index in [1.165, 1.54) is 5.56 Å². The highest BCUT2D eigenvalue weighted by Crippen LogP contribution is 2.20. The average Bonchev–Trinajstić information content (AvgIpc) is 2.93. The second-order valence-corrected chi connectivity index (χ2v) is 5.89. The molecule has 1 heterocycles. The Kier molecular flexibility index (Phi) is 4.93. The Bertz CT molecular complexity index is 546. The van der Waals surface area contributed by atoms with Gasteiger partial charge in [0.2, 0.25) is 0 Å². The molecule has 1 aromatic heterocycles. The maximum atomic E-state index is 12.1. The first-order valence-corrected chi connectivity index (χ1v) is 7.55. The summed E-state index contributed by atoms with van der Waals surface area (Å²) >= 11 is 1.68. The van der Waals surface area contributed by atoms with Gasteiger partial charge in [-0.2, -0.15) is 11.3 Å². The molecule has 2 rings (SSSR count). The number of thiophene rings is 1. The van der Waals surface area contributed by atoms with Crippen LogP contribution in [0.25, 0.3) is 0 Å². The van der Waals surface area contributed by atoms with Crippen molar-refractivity contribution in [3.05, 3.63) is 57.8 Å². The Labute approximate surface area is 124 Å². The van der Waals surface area contributed by atoms with E-state index in [1.54, 1.807) is 11.3 Å². The molecule has 0 bridgehead atoms. The van der Waals surface area contributed by atoms with Crippen LogP contribution < -0.4 is 5.32 Å². The Morgan fingerprint density at radius 1 is 1.25 bits per heavy atom. The summed E-state index contributed by atoms with van der Waals surface area (Å²) in [5.41, 5.74) is 3.11. The fourth-order valence-electron chi connectivity index (χ4n) is 2.06. The highest BCUT2D eigenvalue weighted by atomic mass is 32.1. The molecule has 1 aromatic carbocycles. The largest absolute Gasteiger partial charge is 0.350 e. The predicted molar refractivity (Wildman–Crippen MR) is 84.3 cm³/mol. The van der Waals surface area contributed by atoms with E-state index in [4.69, 9.17) is 0 Å². The van der Waals surface area contributed by atoms with E-state index in [-0.39, 0.29) is 11.9 Å². The molecular weight excluding hydrogens is 268 g/mol. The van der Waals surface area contributed by atoms with E-state index >= 15 is 0 Å². The van der Waals surface area contributed by atoms with Crippen molar-refractivity contribution in [2.75, 3.05) is 20.6 Å². The number of likely N-dealkylation sites (N-methyl/N-ethyl adjacent to an activating group) is 1. The molecule has 4 heteroatoms. The summed E-state index contributed by atoms with van der Waals surface area (Å²) < 4.78 is 0. The van der Waals surface area contributed by atoms with Crippen LogP contribution in [-0.2, 0) is 0 Å². The first-order chi connectivity index (χ1) is 9.58. The summed E-state index contributed by atoms with van der Waals surface area (Å²) in [6.07, 6.45) is 0. The van der Waals surface area contributed by atoms with Gasteiger partial charge in [0.05, 0.1) is 6.04 Å². The van der Waals surface area contributed by atoms with Gasteiger partial charge < -0.3 is 10.2 Å². The normalized spacial score (nSPS) is 12.4. The Balaban J connectivity index is 1.99. The molecule has 0 spiro atoms. The Morgan fingerprint density at radius 3 is 2.50 bits per heavy atom. The predicted octanol–water partition coefficient (Wildman–Crippen LogP) is 3.09. The molecule has 1 N–H and O–H groups in total. The molecule has 1 atom stereocenters. The van der Waals surface area contributed by atoms with E-state index in [0.29, 0.717) is 12.1 Å². The van der Waals surface area contributed by atoms with Crippen LogP contribution in [-0.4, -0.2) is 31.4 Å². The molecule has 0 saturated carbocycles. The van der Waals surface area contributed by atoms with Gasteiger partial charge in [-0.25, -0.2) is 0 Å². The quantitative estimate of drug-likeness (QED) is 0.917. The lowest BCUT2D eigenvalue weighted by Crippen LogP contribution is -2.34. The molecule has 0 aliphatic heterocycles. The number of nitrogens with one attached hydrogen (secondary N) is 1. The number of nitrogens with zero attached hydrogens (tertiary/aromatic N) is 1. The SMILES string of the molecule is Cc1ccc(C(=O)NCC(c2ccsc2)N(C)C)cc1. The zero-order chi connectivity index (χ0) is 14.5. The summed E-state index contributed by atoms with van der Waals surface area (Å²) in [4.78, 5) is 14.2. The number of carbonyl (C=O) groups is 1. The lowest BCUT2D eigenvalue weighted by Gasteiger charge is -2.24. The maximum Gasteiger partial charge on any atom is 0.251 e. The fourth-order valence-corrected chi connectivity index (χ4v) is 2.77. The molecule has 3 nitrogen and oxygen atoms in total. The summed E-state index contributed by atoms with van der Waals surface area (Å²) in [6, 6.07) is 9.94. The van der Waals surface area contributed by atoms with Crippen LogP contribution in [0.15, 0.2) is 41.1 Å². The first kappa shape index (κ1) is 14.8. The van der Waals surface area contributed by atoms with Crippen molar-refractivity contribution in [3.63, 3.8) is 0 Å². The van der Waals surface area contributed by atoms with Gasteiger partial charge in [0.25, 0.3) is 5.91 Å². The molecule has 0 radical (unpaired) electrons. The Morgan fingerprint density at radius 2 is 1.95 bits per heavy atom. The highest BCUT2D eigenvalue weighted by molar-refractivity contribution is 7.07. The molecule has 1 amide bonds. The molecule has 2 aromatic rings. The van der Waals surface area contributed by atoms with Crippen LogP contribution in [0.4, 0.5) is 0 Å². The van der Waals surface area contributed by atoms with Crippen molar-refractivity contribution < 1.29 is 4.79 Å². The van der Waals surface area contributed by atoms with E-state index in [0.717, 1.165) is 5.56 Å². The second-order valence-electron chi connectivity index (χ2n) is 5.11.